The molecule has 0 aromatic heterocycles. The van der Waals surface area contributed by atoms with Crippen molar-refractivity contribution < 1.29 is 63.5 Å². The number of aliphatic hydroxyl groups is 1. The number of likely N-dealkylation sites (tertiary alicyclic amines) is 2. The van der Waals surface area contributed by atoms with Gasteiger partial charge in [0.25, 0.3) is 5.91 Å². The lowest BCUT2D eigenvalue weighted by molar-refractivity contribution is -0.144. The molecule has 2 heterocycles. The van der Waals surface area contributed by atoms with Crippen LogP contribution in [0.2, 0.25) is 0 Å². The zero-order valence-electron chi connectivity index (χ0n) is 34.5. The maximum Gasteiger partial charge on any atom is 0.265 e. The Labute approximate surface area is 346 Å². The summed E-state index contributed by atoms with van der Waals surface area (Å²) in [6, 6.07) is -10.1. The molecule has 0 aliphatic carbocycles. The summed E-state index contributed by atoms with van der Waals surface area (Å²) in [5, 5.41) is 40.5. The predicted molar refractivity (Wildman–Crippen MR) is 207 cm³/mol. The highest BCUT2D eigenvalue weighted by atomic mass is 16.5. The van der Waals surface area contributed by atoms with E-state index in [1.807, 2.05) is 0 Å². The first-order valence-corrected chi connectivity index (χ1v) is 19.9. The Balaban J connectivity index is 2.15. The second kappa shape index (κ2) is 24.0. The molecule has 10 amide bonds. The maximum atomic E-state index is 14.0. The van der Waals surface area contributed by atoms with E-state index in [4.69, 9.17) is 21.9 Å². The average molecular weight is 856 g/mol. The third-order valence-corrected chi connectivity index (χ3v) is 10.5. The summed E-state index contributed by atoms with van der Waals surface area (Å²) < 4.78 is 0. The number of nitrogens with two attached hydrogens (primary N) is 2. The normalized spacial score (nSPS) is 19.7. The van der Waals surface area contributed by atoms with E-state index >= 15 is 0 Å². The molecule has 2 aliphatic rings. The lowest BCUT2D eigenvalue weighted by Crippen LogP contribution is -2.62. The SMILES string of the molecule is CC[C@H](C)[C@H](NC(=O)[C@H](CO)NC(=O)[C@@H](NC(=O)[C@@H]1CCCN1C(=O)[C@H](C)NC(=O)[C@@H](N)CC(=O)NO)C(C)C)C(=O)N1CCC[C@H]1C(=O)N[C@@H](CCC(N)=O)C(=O)NO. The van der Waals surface area contributed by atoms with Gasteiger partial charge in [-0.25, -0.2) is 11.0 Å². The van der Waals surface area contributed by atoms with Crippen LogP contribution in [-0.2, 0) is 47.9 Å². The van der Waals surface area contributed by atoms with Crippen LogP contribution in [0.4, 0.5) is 0 Å². The van der Waals surface area contributed by atoms with E-state index in [0.29, 0.717) is 19.3 Å². The predicted octanol–water partition coefficient (Wildman–Crippen LogP) is -4.90. The molecule has 0 spiro atoms. The number of hydrogen-bond donors (Lipinski definition) is 12. The number of aliphatic hydroxyl groups excluding tert-OH is 1. The smallest absolute Gasteiger partial charge is 0.265 e. The molecule has 24 heteroatoms. The topological polar surface area (TPSA) is 374 Å². The van der Waals surface area contributed by atoms with Crippen molar-refractivity contribution in [3.63, 3.8) is 0 Å². The summed E-state index contributed by atoms with van der Waals surface area (Å²) in [4.78, 5) is 131. The number of amides is 10. The van der Waals surface area contributed by atoms with E-state index in [0.717, 1.165) is 0 Å². The second-order valence-corrected chi connectivity index (χ2v) is 15.3. The molecular formula is C36H61N11O13. The number of nitrogens with one attached hydrogen (secondary N) is 7. The van der Waals surface area contributed by atoms with Gasteiger partial charge in [-0.3, -0.25) is 58.4 Å². The van der Waals surface area contributed by atoms with Crippen LogP contribution in [0.25, 0.3) is 0 Å². The van der Waals surface area contributed by atoms with E-state index in [1.165, 1.54) is 27.7 Å². The molecule has 0 aromatic rings. The molecular weight excluding hydrogens is 794 g/mol. The first-order chi connectivity index (χ1) is 28.2. The van der Waals surface area contributed by atoms with Gasteiger partial charge in [0.2, 0.25) is 53.2 Å². The van der Waals surface area contributed by atoms with E-state index in [9.17, 15) is 53.1 Å². The average Bonchev–Trinajstić information content (AvgIpc) is 3.92. The van der Waals surface area contributed by atoms with Gasteiger partial charge in [-0.2, -0.15) is 0 Å². The number of hydroxylamine groups is 2. The van der Waals surface area contributed by atoms with Gasteiger partial charge < -0.3 is 53.0 Å². The van der Waals surface area contributed by atoms with Gasteiger partial charge in [-0.05, 0) is 50.9 Å². The summed E-state index contributed by atoms with van der Waals surface area (Å²) in [6.07, 6.45) is 0.567. The number of hydrogen-bond acceptors (Lipinski definition) is 14. The Morgan fingerprint density at radius 1 is 0.683 bits per heavy atom. The minimum Gasteiger partial charge on any atom is -0.394 e. The Bertz CT molecular complexity index is 1600. The lowest BCUT2D eigenvalue weighted by atomic mass is 9.96. The molecule has 60 heavy (non-hydrogen) atoms. The summed E-state index contributed by atoms with van der Waals surface area (Å²) in [7, 11) is 0. The number of primary amides is 1. The zero-order valence-corrected chi connectivity index (χ0v) is 34.5. The van der Waals surface area contributed by atoms with Gasteiger partial charge in [-0.1, -0.05) is 34.1 Å². The van der Waals surface area contributed by atoms with Crippen LogP contribution >= 0.6 is 0 Å². The minimum atomic E-state index is -1.60. The molecule has 2 saturated heterocycles. The lowest BCUT2D eigenvalue weighted by Gasteiger charge is -2.33. The number of rotatable bonds is 22. The number of carbonyl (C=O) groups excluding carboxylic acids is 10. The number of nitrogens with zero attached hydrogens (tertiary/aromatic N) is 2. The first-order valence-electron chi connectivity index (χ1n) is 19.9. The van der Waals surface area contributed by atoms with Gasteiger partial charge in [0.1, 0.15) is 42.3 Å². The van der Waals surface area contributed by atoms with Crippen LogP contribution in [0.1, 0.15) is 86.0 Å². The Kier molecular flexibility index (Phi) is 20.2. The van der Waals surface area contributed by atoms with Crippen molar-refractivity contribution in [1.82, 2.24) is 47.3 Å². The van der Waals surface area contributed by atoms with Crippen molar-refractivity contribution in [1.29, 1.82) is 0 Å². The Morgan fingerprint density at radius 3 is 1.75 bits per heavy atom. The van der Waals surface area contributed by atoms with Gasteiger partial charge in [0.05, 0.1) is 19.1 Å². The molecule has 24 nitrogen and oxygen atoms in total. The molecule has 0 saturated carbocycles. The van der Waals surface area contributed by atoms with Crippen LogP contribution in [-0.4, -0.2) is 152 Å². The highest BCUT2D eigenvalue weighted by molar-refractivity contribution is 5.98. The summed E-state index contributed by atoms with van der Waals surface area (Å²) in [5.41, 5.74) is 13.6. The third kappa shape index (κ3) is 14.1. The van der Waals surface area contributed by atoms with Crippen molar-refractivity contribution in [2.24, 2.45) is 23.3 Å². The van der Waals surface area contributed by atoms with Crippen LogP contribution in [0.5, 0.6) is 0 Å². The highest BCUT2D eigenvalue weighted by Crippen LogP contribution is 2.23. The summed E-state index contributed by atoms with van der Waals surface area (Å²) in [5.74, 6) is -9.09. The molecule has 2 rings (SSSR count). The van der Waals surface area contributed by atoms with Crippen LogP contribution in [0, 0.1) is 11.8 Å². The van der Waals surface area contributed by atoms with Crippen LogP contribution < -0.4 is 49.0 Å². The molecule has 14 N–H and O–H groups in total. The largest absolute Gasteiger partial charge is 0.394 e. The third-order valence-electron chi connectivity index (χ3n) is 10.5. The molecule has 338 valence electrons. The van der Waals surface area contributed by atoms with Crippen molar-refractivity contribution in [3.05, 3.63) is 0 Å². The second-order valence-electron chi connectivity index (χ2n) is 15.3. The fourth-order valence-corrected chi connectivity index (χ4v) is 6.83. The van der Waals surface area contributed by atoms with Crippen LogP contribution in [0.3, 0.4) is 0 Å². The van der Waals surface area contributed by atoms with Crippen molar-refractivity contribution in [2.45, 2.75) is 134 Å². The Hall–Kier alpha value is -5.46. The first kappa shape index (κ1) is 50.7. The van der Waals surface area contributed by atoms with Gasteiger partial charge in [0, 0.05) is 19.5 Å². The van der Waals surface area contributed by atoms with Gasteiger partial charge >= 0.3 is 0 Å². The van der Waals surface area contributed by atoms with E-state index in [1.54, 1.807) is 27.7 Å². The van der Waals surface area contributed by atoms with Crippen LogP contribution in [0.15, 0.2) is 0 Å². The quantitative estimate of drug-likeness (QED) is 0.0359. The highest BCUT2D eigenvalue weighted by Gasteiger charge is 2.42. The van der Waals surface area contributed by atoms with Crippen molar-refractivity contribution in [3.8, 4) is 0 Å². The fraction of sp³-hybridized carbons (Fsp3) is 0.722. The molecule has 0 bridgehead atoms. The van der Waals surface area contributed by atoms with Gasteiger partial charge in [-0.15, -0.1) is 0 Å². The summed E-state index contributed by atoms with van der Waals surface area (Å²) in [6.45, 7) is 7.39. The van der Waals surface area contributed by atoms with E-state index in [2.05, 4.69) is 26.6 Å². The molecule has 0 aromatic carbocycles. The standard InChI is InChI=1S/C36H61N11O13/c1-6-18(4)28(36(58)47-14-8-9-23(47)32(54)40-21(31(53)45-60)11-12-25(38)49)43-30(52)22(16-48)41-34(56)27(17(2)3)42-33(55)24-10-7-13-46(24)35(57)19(5)39-29(51)20(37)15-26(50)44-59/h17-24,27-28,48,59-60H,6-16,37H2,1-5H3,(H2,38,49)(H,39,51)(H,40,54)(H,41,56)(H,42,55)(H,43,52)(H,44,50)(H,45,53)/t18-,19-,20-,21-,22-,23-,24-,27-,28-/m0/s1. The maximum absolute atomic E-state index is 14.0. The zero-order chi connectivity index (χ0) is 45.4. The summed E-state index contributed by atoms with van der Waals surface area (Å²) >= 11 is 0. The fourth-order valence-electron chi connectivity index (χ4n) is 6.83. The molecule has 9 atom stereocenters. The van der Waals surface area contributed by atoms with Crippen molar-refractivity contribution in [2.75, 3.05) is 19.7 Å². The molecule has 0 unspecified atom stereocenters. The van der Waals surface area contributed by atoms with E-state index in [-0.39, 0.29) is 38.8 Å². The number of carbonyl (C=O) groups is 10. The molecule has 2 aliphatic heterocycles. The molecule has 2 fully saturated rings. The Morgan fingerprint density at radius 2 is 1.25 bits per heavy atom. The molecule has 0 radical (unpaired) electrons. The van der Waals surface area contributed by atoms with Crippen molar-refractivity contribution >= 4 is 59.1 Å². The minimum absolute atomic E-state index is 0.116. The monoisotopic (exact) mass is 855 g/mol. The van der Waals surface area contributed by atoms with E-state index < -0.39 is 132 Å². The van der Waals surface area contributed by atoms with Gasteiger partial charge in [0.15, 0.2) is 0 Å².